The molecular weight excluding hydrogens is 961 g/mol. The molecule has 0 spiro atoms. The van der Waals surface area contributed by atoms with Gasteiger partial charge in [0.2, 0.25) is 5.91 Å². The smallest absolute Gasteiger partial charge is 0.325 e. The number of phenolic OH excluding ortho intramolecular Hbond substituents is 1. The number of nitrogens with zero attached hydrogens (tertiary/aromatic N) is 6. The van der Waals surface area contributed by atoms with Crippen molar-refractivity contribution in [2.45, 2.75) is 110 Å². The van der Waals surface area contributed by atoms with E-state index in [0.717, 1.165) is 88.4 Å². The first-order valence-corrected chi connectivity index (χ1v) is 27.4. The lowest BCUT2D eigenvalue weighted by Gasteiger charge is -2.37. The number of aryl methyl sites for hydroxylation is 1. The molecular formula is C60H76N8O8. The van der Waals surface area contributed by atoms with Gasteiger partial charge in [0.15, 0.2) is 0 Å². The van der Waals surface area contributed by atoms with E-state index in [2.05, 4.69) is 77.2 Å². The molecule has 16 nitrogen and oxygen atoms in total. The van der Waals surface area contributed by atoms with E-state index in [1.165, 1.54) is 9.91 Å². The van der Waals surface area contributed by atoms with Crippen LogP contribution in [0.15, 0.2) is 79.0 Å². The molecule has 1 saturated carbocycles. The van der Waals surface area contributed by atoms with Crippen molar-refractivity contribution in [3.8, 4) is 28.1 Å². The predicted octanol–water partition coefficient (Wildman–Crippen LogP) is 7.12. The Balaban J connectivity index is 1.05. The van der Waals surface area contributed by atoms with Crippen molar-refractivity contribution >= 4 is 40.3 Å². The Hall–Kier alpha value is -6.33. The first-order chi connectivity index (χ1) is 36.4. The summed E-state index contributed by atoms with van der Waals surface area (Å²) >= 11 is 0. The molecule has 3 amide bonds. The number of methoxy groups -OCH3 is 1. The van der Waals surface area contributed by atoms with Gasteiger partial charge in [0.25, 0.3) is 11.8 Å². The number of phenols is 1. The number of ether oxygens (including phenoxy) is 3. The highest BCUT2D eigenvalue weighted by Crippen LogP contribution is 2.46. The lowest BCUT2D eigenvalue weighted by molar-refractivity contribution is -0.156. The number of carbonyl (C=O) groups is 4. The zero-order valence-corrected chi connectivity index (χ0v) is 45.7. The highest BCUT2D eigenvalue weighted by molar-refractivity contribution is 5.96. The Kier molecular flexibility index (Phi) is 15.1. The summed E-state index contributed by atoms with van der Waals surface area (Å²) in [7, 11) is 5.49. The molecule has 6 bridgehead atoms. The van der Waals surface area contributed by atoms with E-state index in [1.54, 1.807) is 26.3 Å². The van der Waals surface area contributed by atoms with Crippen molar-refractivity contribution in [3.05, 3.63) is 101 Å². The SMILES string of the molecule is CCn1c(-c2cc(N3CCN(C)CC3)cnc2[C@H](C)OC)c2c3cc(ccc31)-c1cc(O)cc(c1)C[C@H](NC(=O)[C@H](C(C)C)N(C)C(=O)[C@@H]1OCC[C@@H]1c1ccccc1)C(=O)N1C[C@H]3C[C@H]3[C@H](N1)C(=O)OCC(C)(C)C2. The molecule has 0 unspecified atom stereocenters. The second kappa shape index (κ2) is 21.6. The standard InChI is InChI=1S/C60H76N8O8/c1-10-67-50-17-16-39-28-46(50)48(54(67)47-30-42(32-61-51(47)36(4)74-9)66-21-19-64(7)20-22-66)31-60(5,6)34-76-59(73)52-45-29-41(45)33-68(63-52)57(71)49(26-37-24-40(39)27-43(69)25-37)62-56(70)53(35(2)3)65(8)58(72)55-44(18-23-75-55)38-14-12-11-13-15-38/h11-17,24-25,27-28,30,32,35-36,41,44-45,49,52-53,55,63,69H,10,18-23,26,29,31,33-34H2,1-9H3,(H,62,70)/t36-,41+,44+,45+,49-,52-,53-,55+/m0/s1. The summed E-state index contributed by atoms with van der Waals surface area (Å²) in [4.78, 5) is 70.1. The number of carbonyl (C=O) groups excluding carboxylic acids is 4. The van der Waals surface area contributed by atoms with E-state index in [9.17, 15) is 19.5 Å². The van der Waals surface area contributed by atoms with Gasteiger partial charge < -0.3 is 43.9 Å². The van der Waals surface area contributed by atoms with Crippen LogP contribution >= 0.6 is 0 Å². The number of nitrogens with one attached hydrogen (secondary N) is 2. The van der Waals surface area contributed by atoms with E-state index in [-0.39, 0.29) is 54.5 Å². The first kappa shape index (κ1) is 53.1. The number of hydrazine groups is 1. The van der Waals surface area contributed by atoms with Gasteiger partial charge in [0.05, 0.1) is 36.0 Å². The molecule has 0 radical (unpaired) electrons. The van der Waals surface area contributed by atoms with Gasteiger partial charge in [-0.05, 0) is 116 Å². The van der Waals surface area contributed by atoms with Crippen molar-refractivity contribution in [1.29, 1.82) is 0 Å². The number of cyclic esters (lactones) is 1. The third-order valence-corrected chi connectivity index (χ3v) is 16.7. The number of esters is 1. The lowest BCUT2D eigenvalue weighted by Crippen LogP contribution is -2.63. The molecule has 404 valence electrons. The van der Waals surface area contributed by atoms with E-state index in [4.69, 9.17) is 19.2 Å². The van der Waals surface area contributed by atoms with Gasteiger partial charge >= 0.3 is 5.97 Å². The number of pyridine rings is 1. The van der Waals surface area contributed by atoms with Crippen LogP contribution < -0.4 is 15.6 Å². The van der Waals surface area contributed by atoms with Crippen LogP contribution in [-0.4, -0.2) is 145 Å². The number of fused-ring (bicyclic) bond motifs is 8. The molecule has 5 aliphatic rings. The third-order valence-electron chi connectivity index (χ3n) is 16.7. The zero-order valence-electron chi connectivity index (χ0n) is 45.7. The minimum absolute atomic E-state index is 0.00675. The molecule has 5 aromatic rings. The van der Waals surface area contributed by atoms with E-state index in [0.29, 0.717) is 38.1 Å². The Morgan fingerprint density at radius 2 is 1.76 bits per heavy atom. The minimum atomic E-state index is -1.15. The van der Waals surface area contributed by atoms with Crippen LogP contribution in [0.1, 0.15) is 88.8 Å². The van der Waals surface area contributed by atoms with Gasteiger partial charge in [-0.1, -0.05) is 70.2 Å². The Morgan fingerprint density at radius 1 is 1.00 bits per heavy atom. The summed E-state index contributed by atoms with van der Waals surface area (Å²) in [5, 5.41) is 17.1. The number of aromatic nitrogens is 2. The predicted molar refractivity (Wildman–Crippen MR) is 292 cm³/mol. The number of piperazine rings is 1. The summed E-state index contributed by atoms with van der Waals surface area (Å²) < 4.78 is 20.8. The summed E-state index contributed by atoms with van der Waals surface area (Å²) in [5.74, 6) is -2.12. The summed E-state index contributed by atoms with van der Waals surface area (Å²) in [6, 6.07) is 20.9. The maximum absolute atomic E-state index is 15.1. The molecule has 1 aliphatic carbocycles. The number of hydrogen-bond donors (Lipinski definition) is 3. The van der Waals surface area contributed by atoms with Crippen LogP contribution in [0.3, 0.4) is 0 Å². The Labute approximate surface area is 447 Å². The number of likely N-dealkylation sites (N-methyl/N-ethyl adjacent to an activating group) is 2. The van der Waals surface area contributed by atoms with E-state index < -0.39 is 47.4 Å². The summed E-state index contributed by atoms with van der Waals surface area (Å²) in [6.45, 7) is 17.4. The van der Waals surface area contributed by atoms with Gasteiger partial charge in [-0.15, -0.1) is 0 Å². The quantitative estimate of drug-likeness (QED) is 0.115. The number of anilines is 1. The monoisotopic (exact) mass is 1040 g/mol. The first-order valence-electron chi connectivity index (χ1n) is 27.4. The molecule has 3 saturated heterocycles. The molecule has 76 heavy (non-hydrogen) atoms. The van der Waals surface area contributed by atoms with Crippen LogP contribution in [-0.2, 0) is 52.8 Å². The van der Waals surface area contributed by atoms with Gasteiger partial charge in [-0.3, -0.25) is 29.2 Å². The zero-order chi connectivity index (χ0) is 53.7. The Bertz CT molecular complexity index is 2990. The van der Waals surface area contributed by atoms with Gasteiger partial charge in [-0.25, -0.2) is 5.43 Å². The number of amides is 3. The number of aromatic hydroxyl groups is 1. The fourth-order valence-electron chi connectivity index (χ4n) is 12.4. The van der Waals surface area contributed by atoms with Gasteiger partial charge in [0, 0.05) is 94.3 Å². The van der Waals surface area contributed by atoms with Crippen molar-refractivity contribution in [2.24, 2.45) is 23.2 Å². The van der Waals surface area contributed by atoms with Gasteiger partial charge in [-0.2, -0.15) is 0 Å². The number of hydrogen-bond acceptors (Lipinski definition) is 12. The second-order valence-corrected chi connectivity index (χ2v) is 23.2. The van der Waals surface area contributed by atoms with Crippen LogP contribution in [0.2, 0.25) is 0 Å². The van der Waals surface area contributed by atoms with Crippen molar-refractivity contribution < 1.29 is 38.5 Å². The average molecular weight is 1040 g/mol. The summed E-state index contributed by atoms with van der Waals surface area (Å²) in [6.07, 6.45) is 2.86. The normalized spacial score (nSPS) is 24.7. The topological polar surface area (TPSA) is 171 Å². The fourth-order valence-corrected chi connectivity index (χ4v) is 12.4. The number of rotatable bonds is 11. The van der Waals surface area contributed by atoms with Crippen LogP contribution in [0.25, 0.3) is 33.3 Å². The molecule has 8 atom stereocenters. The molecule has 2 aromatic heterocycles. The van der Waals surface area contributed by atoms with E-state index >= 15 is 4.79 Å². The van der Waals surface area contributed by atoms with Crippen molar-refractivity contribution in [1.82, 2.24) is 35.1 Å². The van der Waals surface area contributed by atoms with Crippen LogP contribution in [0, 0.1) is 23.2 Å². The second-order valence-electron chi connectivity index (χ2n) is 23.2. The van der Waals surface area contributed by atoms with Crippen molar-refractivity contribution in [2.75, 3.05) is 72.0 Å². The molecule has 4 aliphatic heterocycles. The largest absolute Gasteiger partial charge is 0.508 e. The average Bonchev–Trinajstić information content (AvgIpc) is 3.96. The maximum atomic E-state index is 15.1. The fraction of sp³-hybridized carbons (Fsp3) is 0.517. The van der Waals surface area contributed by atoms with Crippen LogP contribution in [0.5, 0.6) is 5.75 Å². The third kappa shape index (κ3) is 10.6. The molecule has 10 rings (SSSR count). The molecule has 6 heterocycles. The Morgan fingerprint density at radius 3 is 2.49 bits per heavy atom. The lowest BCUT2D eigenvalue weighted by atomic mass is 9.84. The van der Waals surface area contributed by atoms with E-state index in [1.807, 2.05) is 63.4 Å². The number of benzene rings is 3. The molecule has 4 fully saturated rings. The van der Waals surface area contributed by atoms with Crippen LogP contribution in [0.4, 0.5) is 5.69 Å². The maximum Gasteiger partial charge on any atom is 0.325 e. The summed E-state index contributed by atoms with van der Waals surface area (Å²) in [5.41, 5.74) is 11.9. The molecule has 3 N–H and O–H groups in total. The highest BCUT2D eigenvalue weighted by atomic mass is 16.5. The van der Waals surface area contributed by atoms with Gasteiger partial charge in [0.1, 0.15) is 30.0 Å². The molecule has 16 heteroatoms. The highest BCUT2D eigenvalue weighted by Gasteiger charge is 2.53. The van der Waals surface area contributed by atoms with Crippen molar-refractivity contribution in [3.63, 3.8) is 0 Å². The molecule has 3 aromatic carbocycles. The minimum Gasteiger partial charge on any atom is -0.508 e.